The van der Waals surface area contributed by atoms with E-state index < -0.39 is 25.0 Å². The van der Waals surface area contributed by atoms with E-state index in [4.69, 9.17) is 5.73 Å². The van der Waals surface area contributed by atoms with Crippen LogP contribution in [0.25, 0.3) is 0 Å². The molecule has 1 aromatic heterocycles. The second-order valence-corrected chi connectivity index (χ2v) is 4.84. The highest BCUT2D eigenvalue weighted by atomic mass is 19.3. The largest absolute Gasteiger partial charge is 0.373 e. The van der Waals surface area contributed by atoms with Crippen LogP contribution < -0.4 is 5.73 Å². The van der Waals surface area contributed by atoms with E-state index in [1.54, 1.807) is 4.68 Å². The normalized spacial score (nSPS) is 13.9. The van der Waals surface area contributed by atoms with Crippen LogP contribution in [-0.2, 0) is 24.1 Å². The maximum Gasteiger partial charge on any atom is 0.330 e. The number of ether oxygens (including phenoxy) is 1. The van der Waals surface area contributed by atoms with Gasteiger partial charge in [0, 0.05) is 24.7 Å². The van der Waals surface area contributed by atoms with Gasteiger partial charge in [0.05, 0.1) is 12.3 Å². The summed E-state index contributed by atoms with van der Waals surface area (Å²) < 4.78 is 55.6. The topological polar surface area (TPSA) is 53.1 Å². The first kappa shape index (κ1) is 17.9. The van der Waals surface area contributed by atoms with Crippen molar-refractivity contribution < 1.29 is 22.3 Å². The first-order valence-electron chi connectivity index (χ1n) is 6.85. The summed E-state index contributed by atoms with van der Waals surface area (Å²) in [5.74, 6) is -4.14. The Morgan fingerprint density at radius 1 is 1.38 bits per heavy atom. The quantitative estimate of drug-likeness (QED) is 0.712. The molecule has 0 aromatic carbocycles. The Balaban J connectivity index is 2.47. The van der Waals surface area contributed by atoms with E-state index in [9.17, 15) is 17.6 Å². The lowest BCUT2D eigenvalue weighted by atomic mass is 10.1. The van der Waals surface area contributed by atoms with Crippen molar-refractivity contribution in [3.8, 4) is 0 Å². The fraction of sp³-hybridized carbons (Fsp3) is 0.769. The predicted octanol–water partition coefficient (Wildman–Crippen LogP) is 2.25. The highest BCUT2D eigenvalue weighted by Gasteiger charge is 2.41. The third-order valence-electron chi connectivity index (χ3n) is 2.99. The average molecular weight is 311 g/mol. The Kier molecular flexibility index (Phi) is 6.60. The van der Waals surface area contributed by atoms with Crippen molar-refractivity contribution >= 4 is 0 Å². The van der Waals surface area contributed by atoms with Gasteiger partial charge in [0.1, 0.15) is 6.61 Å². The van der Waals surface area contributed by atoms with E-state index in [0.29, 0.717) is 13.0 Å². The summed E-state index contributed by atoms with van der Waals surface area (Å²) in [5, 5.41) is 4.34. The Morgan fingerprint density at radius 2 is 2.05 bits per heavy atom. The van der Waals surface area contributed by atoms with Crippen molar-refractivity contribution in [2.24, 2.45) is 5.73 Å². The lowest BCUT2D eigenvalue weighted by Gasteiger charge is -2.17. The molecule has 2 N–H and O–H groups in total. The number of halogens is 4. The molecule has 0 radical (unpaired) electrons. The van der Waals surface area contributed by atoms with E-state index in [0.717, 1.165) is 17.8 Å². The molecule has 1 aromatic rings. The molecule has 0 bridgehead atoms. The first-order chi connectivity index (χ1) is 9.80. The predicted molar refractivity (Wildman–Crippen MR) is 70.7 cm³/mol. The van der Waals surface area contributed by atoms with Gasteiger partial charge in [-0.05, 0) is 19.4 Å². The first-order valence-corrected chi connectivity index (χ1v) is 6.85. The number of nitrogens with two attached hydrogens (primary N) is 1. The lowest BCUT2D eigenvalue weighted by Crippen LogP contribution is -2.36. The molecule has 0 aliphatic heterocycles. The van der Waals surface area contributed by atoms with Gasteiger partial charge in [-0.15, -0.1) is 0 Å². The molecule has 0 amide bonds. The van der Waals surface area contributed by atoms with Gasteiger partial charge >= 0.3 is 12.3 Å². The van der Waals surface area contributed by atoms with Crippen molar-refractivity contribution in [3.63, 3.8) is 0 Å². The maximum atomic E-state index is 12.7. The zero-order valence-corrected chi connectivity index (χ0v) is 12.2. The molecule has 0 aliphatic carbocycles. The third-order valence-corrected chi connectivity index (χ3v) is 2.99. The van der Waals surface area contributed by atoms with Crippen molar-refractivity contribution in [2.75, 3.05) is 13.2 Å². The molecule has 0 aliphatic rings. The Morgan fingerprint density at radius 3 is 2.57 bits per heavy atom. The SMILES string of the molecule is CCc1cc(CC(N)COCC(F)(F)C(F)F)n(CC)n1. The van der Waals surface area contributed by atoms with Crippen LogP contribution in [0, 0.1) is 0 Å². The fourth-order valence-corrected chi connectivity index (χ4v) is 1.86. The van der Waals surface area contributed by atoms with E-state index >= 15 is 0 Å². The smallest absolute Gasteiger partial charge is 0.330 e. The van der Waals surface area contributed by atoms with Crippen LogP contribution in [0.4, 0.5) is 17.6 Å². The van der Waals surface area contributed by atoms with E-state index in [-0.39, 0.29) is 6.61 Å². The molecule has 0 saturated carbocycles. The maximum absolute atomic E-state index is 12.7. The van der Waals surface area contributed by atoms with Crippen LogP contribution in [0.1, 0.15) is 25.2 Å². The Bertz CT molecular complexity index is 437. The average Bonchev–Trinajstić information content (AvgIpc) is 2.80. The zero-order chi connectivity index (χ0) is 16.0. The molecule has 8 heteroatoms. The van der Waals surface area contributed by atoms with Crippen molar-refractivity contribution in [1.82, 2.24) is 9.78 Å². The number of hydrogen-bond donors (Lipinski definition) is 1. The molecular formula is C13H21F4N3O. The van der Waals surface area contributed by atoms with Crippen LogP contribution in [0.3, 0.4) is 0 Å². The molecule has 0 fully saturated rings. The van der Waals surface area contributed by atoms with Gasteiger partial charge in [-0.25, -0.2) is 8.78 Å². The molecular weight excluding hydrogens is 290 g/mol. The van der Waals surface area contributed by atoms with Crippen LogP contribution in [0.5, 0.6) is 0 Å². The number of rotatable bonds is 9. The van der Waals surface area contributed by atoms with Gasteiger partial charge in [-0.3, -0.25) is 4.68 Å². The lowest BCUT2D eigenvalue weighted by molar-refractivity contribution is -0.166. The second kappa shape index (κ2) is 7.74. The molecule has 122 valence electrons. The van der Waals surface area contributed by atoms with Gasteiger partial charge in [0.15, 0.2) is 0 Å². The number of aryl methyl sites for hydroxylation is 2. The summed E-state index contributed by atoms with van der Waals surface area (Å²) in [4.78, 5) is 0. The summed E-state index contributed by atoms with van der Waals surface area (Å²) in [6.45, 7) is 3.04. The minimum Gasteiger partial charge on any atom is -0.373 e. The molecule has 21 heavy (non-hydrogen) atoms. The Hall–Kier alpha value is -1.15. The van der Waals surface area contributed by atoms with Crippen LogP contribution in [-0.4, -0.2) is 41.4 Å². The highest BCUT2D eigenvalue weighted by Crippen LogP contribution is 2.22. The number of hydrogen-bond acceptors (Lipinski definition) is 3. The molecule has 1 heterocycles. The van der Waals surface area contributed by atoms with Gasteiger partial charge in [-0.2, -0.15) is 13.9 Å². The van der Waals surface area contributed by atoms with Crippen molar-refractivity contribution in [2.45, 2.75) is 51.6 Å². The number of nitrogens with zero attached hydrogens (tertiary/aromatic N) is 2. The summed E-state index contributed by atoms with van der Waals surface area (Å²) in [7, 11) is 0. The number of aromatic nitrogens is 2. The minimum absolute atomic E-state index is 0.210. The van der Waals surface area contributed by atoms with Gasteiger partial charge in [0.2, 0.25) is 0 Å². The van der Waals surface area contributed by atoms with E-state index in [1.165, 1.54) is 0 Å². The van der Waals surface area contributed by atoms with E-state index in [1.807, 2.05) is 19.9 Å². The highest BCUT2D eigenvalue weighted by molar-refractivity contribution is 5.11. The van der Waals surface area contributed by atoms with Crippen LogP contribution in [0.2, 0.25) is 0 Å². The molecule has 1 unspecified atom stereocenters. The Labute approximate surface area is 121 Å². The van der Waals surface area contributed by atoms with E-state index in [2.05, 4.69) is 9.84 Å². The molecule has 1 atom stereocenters. The third kappa shape index (κ3) is 5.28. The van der Waals surface area contributed by atoms with Gasteiger partial charge in [0.25, 0.3) is 0 Å². The van der Waals surface area contributed by atoms with Crippen molar-refractivity contribution in [3.05, 3.63) is 17.5 Å². The molecule has 0 saturated heterocycles. The van der Waals surface area contributed by atoms with Gasteiger partial charge < -0.3 is 10.5 Å². The van der Waals surface area contributed by atoms with Crippen molar-refractivity contribution in [1.29, 1.82) is 0 Å². The van der Waals surface area contributed by atoms with Gasteiger partial charge in [-0.1, -0.05) is 6.92 Å². The summed E-state index contributed by atoms with van der Waals surface area (Å²) in [5.41, 5.74) is 7.59. The summed E-state index contributed by atoms with van der Waals surface area (Å²) in [6, 6.07) is 1.35. The van der Waals surface area contributed by atoms with Crippen LogP contribution in [0.15, 0.2) is 6.07 Å². The second-order valence-electron chi connectivity index (χ2n) is 4.84. The molecule has 4 nitrogen and oxygen atoms in total. The number of alkyl halides is 4. The summed E-state index contributed by atoms with van der Waals surface area (Å²) in [6.07, 6.45) is -2.56. The molecule has 0 spiro atoms. The monoisotopic (exact) mass is 311 g/mol. The zero-order valence-electron chi connectivity index (χ0n) is 12.2. The minimum atomic E-state index is -4.14. The summed E-state index contributed by atoms with van der Waals surface area (Å²) >= 11 is 0. The standard InChI is InChI=1S/C13H21F4N3O/c1-3-10-6-11(20(4-2)19-10)5-9(18)7-21-8-13(16,17)12(14)15/h6,9,12H,3-5,7-8,18H2,1-2H3. The fourth-order valence-electron chi connectivity index (χ4n) is 1.86. The molecule has 1 rings (SSSR count). The van der Waals surface area contributed by atoms with Crippen LogP contribution >= 0.6 is 0 Å².